The number of hydrogen-bond donors (Lipinski definition) is 4. The van der Waals surface area contributed by atoms with Crippen LogP contribution in [0.15, 0.2) is 89.8 Å². The number of aryl methyl sites for hydroxylation is 1. The minimum atomic E-state index is -3.87. The van der Waals surface area contributed by atoms with Gasteiger partial charge in [0, 0.05) is 28.2 Å². The van der Waals surface area contributed by atoms with E-state index in [2.05, 4.69) is 10.0 Å². The first kappa shape index (κ1) is 22.9. The number of aromatic hydroxyl groups is 2. The molecule has 0 radical (unpaired) electrons. The Morgan fingerprint density at radius 2 is 1.56 bits per heavy atom. The molecule has 172 valence electrons. The Labute approximate surface area is 197 Å². The Hall–Kier alpha value is -4.30. The number of carbonyl (C=O) groups excluding carboxylic acids is 1. The number of sulfonamides is 1. The lowest BCUT2D eigenvalue weighted by atomic mass is 10.1. The van der Waals surface area contributed by atoms with Crippen LogP contribution >= 0.6 is 0 Å². The van der Waals surface area contributed by atoms with Gasteiger partial charge in [0.1, 0.15) is 0 Å². The lowest BCUT2D eigenvalue weighted by Gasteiger charge is -2.13. The number of carbonyl (C=O) groups is 1. The van der Waals surface area contributed by atoms with E-state index in [1.54, 1.807) is 48.5 Å². The molecule has 0 atom stereocenters. The molecule has 0 heterocycles. The maximum absolute atomic E-state index is 13.1. The highest BCUT2D eigenvalue weighted by atomic mass is 32.2. The van der Waals surface area contributed by atoms with Gasteiger partial charge in [-0.15, -0.1) is 0 Å². The Morgan fingerprint density at radius 3 is 2.29 bits per heavy atom. The highest BCUT2D eigenvalue weighted by Gasteiger charge is 2.18. The number of hydrogen-bond acceptors (Lipinski definition) is 5. The minimum absolute atomic E-state index is 0.0942. The van der Waals surface area contributed by atoms with E-state index in [1.807, 2.05) is 19.1 Å². The molecule has 7 nitrogen and oxygen atoms in total. The normalized spacial score (nSPS) is 11.6. The molecule has 4 rings (SSSR count). The Bertz CT molecular complexity index is 1510. The fraction of sp³-hybridized carbons (Fsp3) is 0.0385. The second kappa shape index (κ2) is 9.29. The fourth-order valence-electron chi connectivity index (χ4n) is 3.45. The topological polar surface area (TPSA) is 116 Å². The fourth-order valence-corrected chi connectivity index (χ4v) is 4.73. The van der Waals surface area contributed by atoms with Gasteiger partial charge in [0.25, 0.3) is 10.0 Å². The summed E-state index contributed by atoms with van der Waals surface area (Å²) in [5.41, 5.74) is 2.45. The molecule has 0 saturated heterocycles. The third-order valence-electron chi connectivity index (χ3n) is 5.16. The molecule has 0 fully saturated rings. The number of phenols is 2. The molecule has 4 N–H and O–H groups in total. The smallest absolute Gasteiger partial charge is 0.262 e. The van der Waals surface area contributed by atoms with Crippen LogP contribution < -0.4 is 10.0 Å². The predicted octanol–water partition coefficient (Wildman–Crippen LogP) is 5.01. The van der Waals surface area contributed by atoms with Crippen LogP contribution in [0.5, 0.6) is 11.5 Å². The zero-order chi connectivity index (χ0) is 24.3. The van der Waals surface area contributed by atoms with Crippen LogP contribution in [-0.2, 0) is 14.8 Å². The number of phenolic OH excluding ortho intramolecular Hbond substituents is 2. The van der Waals surface area contributed by atoms with Gasteiger partial charge >= 0.3 is 0 Å². The summed E-state index contributed by atoms with van der Waals surface area (Å²) in [6, 6.07) is 21.2. The summed E-state index contributed by atoms with van der Waals surface area (Å²) in [7, 11) is -3.87. The van der Waals surface area contributed by atoms with Gasteiger partial charge in [-0.05, 0) is 55.0 Å². The molecule has 0 unspecified atom stereocenters. The first-order chi connectivity index (χ1) is 16.2. The average molecular weight is 475 g/mol. The van der Waals surface area contributed by atoms with Gasteiger partial charge in [-0.2, -0.15) is 0 Å². The minimum Gasteiger partial charge on any atom is -0.504 e. The van der Waals surface area contributed by atoms with E-state index < -0.39 is 15.9 Å². The first-order valence-corrected chi connectivity index (χ1v) is 11.8. The number of benzene rings is 4. The lowest BCUT2D eigenvalue weighted by Crippen LogP contribution is -2.14. The van der Waals surface area contributed by atoms with Gasteiger partial charge in [0.2, 0.25) is 5.91 Å². The second-order valence-electron chi connectivity index (χ2n) is 7.70. The van der Waals surface area contributed by atoms with Crippen LogP contribution in [0, 0.1) is 6.92 Å². The highest BCUT2D eigenvalue weighted by molar-refractivity contribution is 7.93. The molecule has 34 heavy (non-hydrogen) atoms. The van der Waals surface area contributed by atoms with E-state index in [4.69, 9.17) is 0 Å². The molecule has 0 aliphatic carbocycles. The predicted molar refractivity (Wildman–Crippen MR) is 133 cm³/mol. The van der Waals surface area contributed by atoms with Crippen molar-refractivity contribution in [2.45, 2.75) is 11.8 Å². The van der Waals surface area contributed by atoms with Crippen molar-refractivity contribution in [3.05, 3.63) is 96.1 Å². The standard InChI is InChI=1S/C26H22N2O5S/c1-17-8-12-19(13-9-17)28-34(32,33)25-7-3-4-20-21(25)5-2-6-22(20)27-26(31)15-11-18-10-14-23(29)24(30)16-18/h2-16,28-30H,1H3,(H,27,31)/b15-11+. The van der Waals surface area contributed by atoms with E-state index in [9.17, 15) is 23.4 Å². The van der Waals surface area contributed by atoms with Crippen LogP contribution in [0.3, 0.4) is 0 Å². The maximum Gasteiger partial charge on any atom is 0.262 e. The van der Waals surface area contributed by atoms with E-state index >= 15 is 0 Å². The second-order valence-corrected chi connectivity index (χ2v) is 9.35. The molecule has 0 spiro atoms. The van der Waals surface area contributed by atoms with Crippen molar-refractivity contribution in [1.82, 2.24) is 0 Å². The third kappa shape index (κ3) is 5.02. The first-order valence-electron chi connectivity index (χ1n) is 10.4. The molecule has 0 bridgehead atoms. The Kier molecular flexibility index (Phi) is 6.25. The number of anilines is 2. The number of nitrogens with one attached hydrogen (secondary N) is 2. The molecule has 0 aromatic heterocycles. The molecule has 0 aliphatic heterocycles. The zero-order valence-electron chi connectivity index (χ0n) is 18.2. The number of amides is 1. The summed E-state index contributed by atoms with van der Waals surface area (Å²) in [5.74, 6) is -0.976. The summed E-state index contributed by atoms with van der Waals surface area (Å²) in [6.45, 7) is 1.92. The zero-order valence-corrected chi connectivity index (χ0v) is 19.0. The van der Waals surface area contributed by atoms with Crippen molar-refractivity contribution in [2.24, 2.45) is 0 Å². The number of fused-ring (bicyclic) bond motifs is 1. The maximum atomic E-state index is 13.1. The Morgan fingerprint density at radius 1 is 0.853 bits per heavy atom. The van der Waals surface area contributed by atoms with Gasteiger partial charge < -0.3 is 15.5 Å². The summed E-state index contributed by atoms with van der Waals surface area (Å²) in [4.78, 5) is 12.6. The molecule has 0 saturated carbocycles. The molecule has 8 heteroatoms. The third-order valence-corrected chi connectivity index (χ3v) is 6.60. The van der Waals surface area contributed by atoms with Crippen molar-refractivity contribution >= 4 is 44.2 Å². The van der Waals surface area contributed by atoms with Gasteiger partial charge in [-0.1, -0.05) is 48.0 Å². The molecule has 4 aromatic carbocycles. The Balaban J connectivity index is 1.61. The van der Waals surface area contributed by atoms with Crippen LogP contribution in [0.25, 0.3) is 16.8 Å². The summed E-state index contributed by atoms with van der Waals surface area (Å²) in [5, 5.41) is 22.8. The largest absolute Gasteiger partial charge is 0.504 e. The monoisotopic (exact) mass is 474 g/mol. The SMILES string of the molecule is Cc1ccc(NS(=O)(=O)c2cccc3c(NC(=O)/C=C/c4ccc(O)c(O)c4)cccc23)cc1. The van der Waals surface area contributed by atoms with Gasteiger partial charge in [0.05, 0.1) is 4.90 Å². The summed E-state index contributed by atoms with van der Waals surface area (Å²) >= 11 is 0. The van der Waals surface area contributed by atoms with Crippen LogP contribution in [0.4, 0.5) is 11.4 Å². The highest BCUT2D eigenvalue weighted by Crippen LogP contribution is 2.30. The molecular weight excluding hydrogens is 452 g/mol. The van der Waals surface area contributed by atoms with Gasteiger partial charge in [-0.3, -0.25) is 9.52 Å². The van der Waals surface area contributed by atoms with E-state index in [-0.39, 0.29) is 16.4 Å². The van der Waals surface area contributed by atoms with Crippen LogP contribution in [0.2, 0.25) is 0 Å². The van der Waals surface area contributed by atoms with Crippen molar-refractivity contribution in [3.8, 4) is 11.5 Å². The van der Waals surface area contributed by atoms with E-state index in [0.29, 0.717) is 27.7 Å². The number of rotatable bonds is 6. The summed E-state index contributed by atoms with van der Waals surface area (Å²) < 4.78 is 28.8. The van der Waals surface area contributed by atoms with Gasteiger partial charge in [0.15, 0.2) is 11.5 Å². The average Bonchev–Trinajstić information content (AvgIpc) is 2.81. The summed E-state index contributed by atoms with van der Waals surface area (Å²) in [6.07, 6.45) is 2.77. The van der Waals surface area contributed by atoms with Crippen LogP contribution in [-0.4, -0.2) is 24.5 Å². The quantitative estimate of drug-likeness (QED) is 0.232. The van der Waals surface area contributed by atoms with Crippen molar-refractivity contribution in [3.63, 3.8) is 0 Å². The van der Waals surface area contributed by atoms with Crippen molar-refractivity contribution in [2.75, 3.05) is 10.0 Å². The molecule has 4 aromatic rings. The van der Waals surface area contributed by atoms with E-state index in [0.717, 1.165) is 5.56 Å². The van der Waals surface area contributed by atoms with Gasteiger partial charge in [-0.25, -0.2) is 8.42 Å². The van der Waals surface area contributed by atoms with Crippen LogP contribution in [0.1, 0.15) is 11.1 Å². The molecular formula is C26H22N2O5S. The van der Waals surface area contributed by atoms with Crippen molar-refractivity contribution < 1.29 is 23.4 Å². The molecule has 0 aliphatic rings. The van der Waals surface area contributed by atoms with Crippen molar-refractivity contribution in [1.29, 1.82) is 0 Å². The van der Waals surface area contributed by atoms with E-state index in [1.165, 1.54) is 30.4 Å². The molecule has 1 amide bonds. The lowest BCUT2D eigenvalue weighted by molar-refractivity contribution is -0.111.